The summed E-state index contributed by atoms with van der Waals surface area (Å²) in [5, 5.41) is 5.59. The molecule has 1 aromatic carbocycles. The second kappa shape index (κ2) is 5.99. The zero-order chi connectivity index (χ0) is 12.1. The van der Waals surface area contributed by atoms with Crippen LogP contribution in [0.3, 0.4) is 0 Å². The van der Waals surface area contributed by atoms with Gasteiger partial charge in [0.15, 0.2) is 0 Å². The molecule has 0 aliphatic heterocycles. The Morgan fingerprint density at radius 1 is 1.18 bits per heavy atom. The van der Waals surface area contributed by atoms with Gasteiger partial charge in [-0.2, -0.15) is 0 Å². The molecule has 0 bridgehead atoms. The van der Waals surface area contributed by atoms with E-state index >= 15 is 0 Å². The number of nitrogens with one attached hydrogen (secondary N) is 1. The maximum atomic E-state index is 3.40. The summed E-state index contributed by atoms with van der Waals surface area (Å²) in [4.78, 5) is 1.45. The van der Waals surface area contributed by atoms with Gasteiger partial charge in [-0.05, 0) is 49.4 Å². The molecule has 2 heteroatoms. The second-order valence-electron chi connectivity index (χ2n) is 4.29. The van der Waals surface area contributed by atoms with Crippen LogP contribution < -0.4 is 5.32 Å². The summed E-state index contributed by atoms with van der Waals surface area (Å²) in [7, 11) is 2.04. The Morgan fingerprint density at radius 3 is 2.53 bits per heavy atom. The molecular weight excluding hydrogens is 226 g/mol. The summed E-state index contributed by atoms with van der Waals surface area (Å²) in [6, 6.07) is 13.4. The highest BCUT2D eigenvalue weighted by Crippen LogP contribution is 2.22. The summed E-state index contributed by atoms with van der Waals surface area (Å²) in [5.74, 6) is 0. The van der Waals surface area contributed by atoms with Crippen LogP contribution in [0.4, 0.5) is 0 Å². The number of thiophene rings is 1. The van der Waals surface area contributed by atoms with Crippen LogP contribution in [-0.4, -0.2) is 7.05 Å². The monoisotopic (exact) mass is 245 g/mol. The van der Waals surface area contributed by atoms with Crippen LogP contribution in [0.25, 0.3) is 0 Å². The third kappa shape index (κ3) is 3.18. The summed E-state index contributed by atoms with van der Waals surface area (Å²) < 4.78 is 0. The molecule has 1 atom stereocenters. The average molecular weight is 245 g/mol. The zero-order valence-corrected chi connectivity index (χ0v) is 11.3. The molecule has 0 saturated carbocycles. The van der Waals surface area contributed by atoms with Crippen molar-refractivity contribution >= 4 is 11.3 Å². The predicted molar refractivity (Wildman–Crippen MR) is 75.6 cm³/mol. The smallest absolute Gasteiger partial charge is 0.0320 e. The van der Waals surface area contributed by atoms with Gasteiger partial charge in [0.2, 0.25) is 0 Å². The number of rotatable bonds is 5. The third-order valence-electron chi connectivity index (χ3n) is 3.22. The third-order valence-corrected chi connectivity index (χ3v) is 4.11. The second-order valence-corrected chi connectivity index (χ2v) is 5.41. The molecule has 0 saturated heterocycles. The first-order chi connectivity index (χ1) is 8.31. The fraction of sp³-hybridized carbons (Fsp3) is 0.333. The Labute approximate surface area is 108 Å². The molecule has 0 radical (unpaired) electrons. The Hall–Kier alpha value is -1.12. The van der Waals surface area contributed by atoms with E-state index in [1.54, 1.807) is 0 Å². The van der Waals surface area contributed by atoms with E-state index in [9.17, 15) is 0 Å². The first kappa shape index (κ1) is 12.3. The minimum atomic E-state index is 0.454. The number of hydrogen-bond acceptors (Lipinski definition) is 2. The van der Waals surface area contributed by atoms with Crippen molar-refractivity contribution in [1.82, 2.24) is 5.32 Å². The molecule has 17 heavy (non-hydrogen) atoms. The van der Waals surface area contributed by atoms with Crippen LogP contribution in [0.5, 0.6) is 0 Å². The summed E-state index contributed by atoms with van der Waals surface area (Å²) >= 11 is 1.84. The Balaban J connectivity index is 1.99. The van der Waals surface area contributed by atoms with Crippen LogP contribution >= 0.6 is 11.3 Å². The van der Waals surface area contributed by atoms with Crippen molar-refractivity contribution in [3.8, 4) is 0 Å². The minimum Gasteiger partial charge on any atom is -0.313 e. The molecule has 0 aliphatic carbocycles. The Bertz CT molecular complexity index is 447. The van der Waals surface area contributed by atoms with Gasteiger partial charge in [0.25, 0.3) is 0 Å². The van der Waals surface area contributed by atoms with Crippen molar-refractivity contribution in [2.45, 2.75) is 25.8 Å². The number of aryl methyl sites for hydroxylation is 2. The fourth-order valence-corrected chi connectivity index (χ4v) is 2.89. The molecule has 0 amide bonds. The molecular formula is C15H19NS. The molecule has 1 aromatic heterocycles. The lowest BCUT2D eigenvalue weighted by atomic mass is 9.99. The van der Waals surface area contributed by atoms with Crippen molar-refractivity contribution in [3.05, 3.63) is 57.8 Å². The molecule has 90 valence electrons. The van der Waals surface area contributed by atoms with Gasteiger partial charge in [0.1, 0.15) is 0 Å². The van der Waals surface area contributed by atoms with Gasteiger partial charge in [0, 0.05) is 10.9 Å². The van der Waals surface area contributed by atoms with Gasteiger partial charge in [-0.1, -0.05) is 30.3 Å². The predicted octanol–water partition coefficient (Wildman–Crippen LogP) is 3.95. The van der Waals surface area contributed by atoms with Crippen molar-refractivity contribution in [2.24, 2.45) is 0 Å². The van der Waals surface area contributed by atoms with Gasteiger partial charge < -0.3 is 5.32 Å². The molecule has 1 N–H and O–H groups in total. The van der Waals surface area contributed by atoms with Crippen molar-refractivity contribution in [1.29, 1.82) is 0 Å². The lowest BCUT2D eigenvalue weighted by molar-refractivity contribution is 0.549. The quantitative estimate of drug-likeness (QED) is 0.841. The highest BCUT2D eigenvalue weighted by Gasteiger charge is 2.09. The van der Waals surface area contributed by atoms with E-state index in [0.29, 0.717) is 6.04 Å². The molecule has 2 rings (SSSR count). The molecule has 1 unspecified atom stereocenters. The zero-order valence-electron chi connectivity index (χ0n) is 10.4. The standard InChI is InChI=1S/C15H19NS/c1-12-13(10-11-17-12)8-9-15(16-2)14-6-4-3-5-7-14/h3-7,10-11,15-16H,8-9H2,1-2H3. The van der Waals surface area contributed by atoms with Crippen LogP contribution in [-0.2, 0) is 6.42 Å². The van der Waals surface area contributed by atoms with Gasteiger partial charge in [-0.15, -0.1) is 11.3 Å². The van der Waals surface area contributed by atoms with E-state index < -0.39 is 0 Å². The van der Waals surface area contributed by atoms with Gasteiger partial charge >= 0.3 is 0 Å². The van der Waals surface area contributed by atoms with E-state index in [1.807, 2.05) is 18.4 Å². The van der Waals surface area contributed by atoms with Gasteiger partial charge in [-0.25, -0.2) is 0 Å². The maximum Gasteiger partial charge on any atom is 0.0320 e. The lowest BCUT2D eigenvalue weighted by Gasteiger charge is -2.16. The molecule has 2 aromatic rings. The molecule has 0 spiro atoms. The van der Waals surface area contributed by atoms with E-state index in [0.717, 1.165) is 12.8 Å². The molecule has 0 aliphatic rings. The Morgan fingerprint density at radius 2 is 1.94 bits per heavy atom. The average Bonchev–Trinajstić information content (AvgIpc) is 2.77. The SMILES string of the molecule is CNC(CCc1ccsc1C)c1ccccc1. The molecule has 0 fully saturated rings. The Kier molecular flexibility index (Phi) is 4.35. The van der Waals surface area contributed by atoms with Crippen LogP contribution in [0.2, 0.25) is 0 Å². The van der Waals surface area contributed by atoms with Gasteiger partial charge in [0.05, 0.1) is 0 Å². The maximum absolute atomic E-state index is 3.40. The molecule has 1 heterocycles. The van der Waals surface area contributed by atoms with E-state index in [2.05, 4.69) is 54.0 Å². The van der Waals surface area contributed by atoms with Gasteiger partial charge in [-0.3, -0.25) is 0 Å². The van der Waals surface area contributed by atoms with Crippen molar-refractivity contribution < 1.29 is 0 Å². The minimum absolute atomic E-state index is 0.454. The number of benzene rings is 1. The lowest BCUT2D eigenvalue weighted by Crippen LogP contribution is -2.17. The van der Waals surface area contributed by atoms with Crippen molar-refractivity contribution in [2.75, 3.05) is 7.05 Å². The normalized spacial score (nSPS) is 12.6. The van der Waals surface area contributed by atoms with E-state index in [4.69, 9.17) is 0 Å². The topological polar surface area (TPSA) is 12.0 Å². The van der Waals surface area contributed by atoms with Crippen molar-refractivity contribution in [3.63, 3.8) is 0 Å². The summed E-state index contributed by atoms with van der Waals surface area (Å²) in [6.07, 6.45) is 2.30. The molecule has 1 nitrogen and oxygen atoms in total. The highest BCUT2D eigenvalue weighted by atomic mass is 32.1. The van der Waals surface area contributed by atoms with Crippen LogP contribution in [0.1, 0.15) is 28.5 Å². The van der Waals surface area contributed by atoms with Crippen LogP contribution in [0, 0.1) is 6.92 Å². The number of hydrogen-bond donors (Lipinski definition) is 1. The first-order valence-electron chi connectivity index (χ1n) is 6.06. The van der Waals surface area contributed by atoms with E-state index in [-0.39, 0.29) is 0 Å². The first-order valence-corrected chi connectivity index (χ1v) is 6.94. The summed E-state index contributed by atoms with van der Waals surface area (Å²) in [5.41, 5.74) is 2.87. The summed E-state index contributed by atoms with van der Waals surface area (Å²) in [6.45, 7) is 2.21. The van der Waals surface area contributed by atoms with Crippen LogP contribution in [0.15, 0.2) is 41.8 Å². The van der Waals surface area contributed by atoms with E-state index in [1.165, 1.54) is 16.0 Å². The largest absolute Gasteiger partial charge is 0.313 e. The fourth-order valence-electron chi connectivity index (χ4n) is 2.13. The highest BCUT2D eigenvalue weighted by molar-refractivity contribution is 7.10.